The number of alkyl halides is 2. The Morgan fingerprint density at radius 1 is 1.12 bits per heavy atom. The Labute approximate surface area is 232 Å². The van der Waals surface area contributed by atoms with Crippen LogP contribution >= 0.6 is 0 Å². The first-order valence-corrected chi connectivity index (χ1v) is 13.1. The number of pyridine rings is 2. The zero-order valence-corrected chi connectivity index (χ0v) is 22.0. The van der Waals surface area contributed by atoms with Gasteiger partial charge in [-0.2, -0.15) is 13.9 Å². The van der Waals surface area contributed by atoms with Crippen molar-refractivity contribution < 1.29 is 38.4 Å². The fourth-order valence-corrected chi connectivity index (χ4v) is 5.98. The Morgan fingerprint density at radius 2 is 1.90 bits per heavy atom. The number of aliphatic hydroxyl groups is 3. The van der Waals surface area contributed by atoms with Gasteiger partial charge in [-0.25, -0.2) is 4.52 Å². The van der Waals surface area contributed by atoms with Crippen molar-refractivity contribution in [3.8, 4) is 22.6 Å². The van der Waals surface area contributed by atoms with E-state index in [1.165, 1.54) is 18.2 Å². The predicted octanol–water partition coefficient (Wildman–Crippen LogP) is 3.04. The molecule has 2 bridgehead atoms. The molecule has 0 saturated carbocycles. The molecule has 3 aliphatic rings. The van der Waals surface area contributed by atoms with Crippen LogP contribution in [-0.4, -0.2) is 60.0 Å². The lowest BCUT2D eigenvalue weighted by Crippen LogP contribution is -2.53. The summed E-state index contributed by atoms with van der Waals surface area (Å²) >= 11 is 0. The monoisotopic (exact) mass is 567 g/mol. The second-order valence-electron chi connectivity index (χ2n) is 9.74. The highest BCUT2D eigenvalue weighted by Gasteiger charge is 2.52. The Hall–Kier alpha value is -4.17. The number of carbonyl (C=O) groups excluding carboxylic acids is 1. The molecule has 214 valence electrons. The van der Waals surface area contributed by atoms with Gasteiger partial charge in [-0.1, -0.05) is 19.9 Å². The summed E-state index contributed by atoms with van der Waals surface area (Å²) in [5, 5.41) is 35.2. The number of carbonyl (C=O) groups is 1. The zero-order chi connectivity index (χ0) is 29.2. The number of nitrogens with two attached hydrogens (primary N) is 1. The van der Waals surface area contributed by atoms with E-state index in [1.807, 2.05) is 26.0 Å². The van der Waals surface area contributed by atoms with Crippen LogP contribution in [-0.2, 0) is 0 Å². The first kappa shape index (κ1) is 27.0. The smallest absolute Gasteiger partial charge is 0.387 e. The van der Waals surface area contributed by atoms with E-state index in [2.05, 4.69) is 10.1 Å². The highest BCUT2D eigenvalue weighted by Crippen LogP contribution is 2.55. The summed E-state index contributed by atoms with van der Waals surface area (Å²) in [4.78, 5) is 18.4. The fourth-order valence-electron chi connectivity index (χ4n) is 5.98. The summed E-state index contributed by atoms with van der Waals surface area (Å²) in [6.07, 6.45) is -0.113. The quantitative estimate of drug-likeness (QED) is 0.272. The van der Waals surface area contributed by atoms with E-state index in [0.29, 0.717) is 39.7 Å². The van der Waals surface area contributed by atoms with E-state index < -0.39 is 30.6 Å². The maximum Gasteiger partial charge on any atom is 0.387 e. The first-order valence-electron chi connectivity index (χ1n) is 13.1. The molecular formula is C28H27F2N5O6. The molecule has 41 heavy (non-hydrogen) atoms. The summed E-state index contributed by atoms with van der Waals surface area (Å²) < 4.78 is 38.7. The van der Waals surface area contributed by atoms with E-state index in [1.54, 1.807) is 23.0 Å². The largest absolute Gasteiger partial charge is 0.490 e. The second kappa shape index (κ2) is 9.73. The van der Waals surface area contributed by atoms with Crippen molar-refractivity contribution in [2.45, 2.75) is 51.0 Å². The minimum Gasteiger partial charge on any atom is -0.490 e. The molecular weight excluding hydrogens is 540 g/mol. The Morgan fingerprint density at radius 3 is 2.63 bits per heavy atom. The van der Waals surface area contributed by atoms with Gasteiger partial charge in [0, 0.05) is 40.6 Å². The molecule has 11 nitrogen and oxygen atoms in total. The van der Waals surface area contributed by atoms with E-state index in [-0.39, 0.29) is 29.3 Å². The van der Waals surface area contributed by atoms with Crippen LogP contribution in [0.4, 0.5) is 8.78 Å². The summed E-state index contributed by atoms with van der Waals surface area (Å²) in [6.45, 7) is 1.18. The number of aromatic nitrogens is 3. The maximum absolute atomic E-state index is 13.4. The molecule has 5 N–H and O–H groups in total. The molecule has 7 rings (SSSR count). The van der Waals surface area contributed by atoms with Crippen molar-refractivity contribution >= 4 is 11.4 Å². The molecule has 13 heteroatoms. The number of amides is 1. The lowest BCUT2D eigenvalue weighted by Gasteiger charge is -2.34. The van der Waals surface area contributed by atoms with E-state index in [9.17, 15) is 28.9 Å². The van der Waals surface area contributed by atoms with Gasteiger partial charge in [0.05, 0.1) is 23.3 Å². The minimum atomic E-state index is -3.53. The molecule has 0 radical (unpaired) electrons. The van der Waals surface area contributed by atoms with E-state index in [4.69, 9.17) is 15.2 Å². The van der Waals surface area contributed by atoms with Gasteiger partial charge < -0.3 is 30.5 Å². The SMILES string of the molecule is CC.NC1COc2cc(-c3ccn4nc5c(c4c3)C3CC5N(C(O)(O)O)C(=O)c4cccc(OC(F)F)c43)cnc21. The van der Waals surface area contributed by atoms with Gasteiger partial charge >= 0.3 is 12.7 Å². The van der Waals surface area contributed by atoms with Crippen LogP contribution in [0, 0.1) is 0 Å². The average molecular weight is 568 g/mol. The molecule has 0 spiro atoms. The summed E-state index contributed by atoms with van der Waals surface area (Å²) in [7, 11) is 0. The molecule has 3 unspecified atom stereocenters. The topological polar surface area (TPSA) is 156 Å². The Kier molecular flexibility index (Phi) is 6.41. The van der Waals surface area contributed by atoms with Crippen molar-refractivity contribution in [1.82, 2.24) is 19.5 Å². The fraction of sp³-hybridized carbons (Fsp3) is 0.321. The third-order valence-corrected chi connectivity index (χ3v) is 7.52. The molecule has 1 aliphatic carbocycles. The lowest BCUT2D eigenvalue weighted by atomic mass is 9.88. The second-order valence-corrected chi connectivity index (χ2v) is 9.74. The van der Waals surface area contributed by atoms with Crippen LogP contribution < -0.4 is 15.2 Å². The van der Waals surface area contributed by atoms with Crippen molar-refractivity contribution in [2.75, 3.05) is 6.61 Å². The number of hydrogen-bond acceptors (Lipinski definition) is 9. The van der Waals surface area contributed by atoms with Crippen LogP contribution in [0.15, 0.2) is 48.8 Å². The molecule has 2 aliphatic heterocycles. The number of benzene rings is 1. The Bertz CT molecular complexity index is 1670. The van der Waals surface area contributed by atoms with Gasteiger partial charge in [0.25, 0.3) is 5.91 Å². The van der Waals surface area contributed by atoms with Crippen LogP contribution in [0.3, 0.4) is 0 Å². The van der Waals surface area contributed by atoms with E-state index >= 15 is 0 Å². The van der Waals surface area contributed by atoms with Crippen LogP contribution in [0.2, 0.25) is 0 Å². The normalized spacial score (nSPS) is 20.7. The molecule has 1 aromatic carbocycles. The average Bonchev–Trinajstić information content (AvgIpc) is 3.58. The number of hydrogen-bond donors (Lipinski definition) is 4. The molecule has 1 amide bonds. The van der Waals surface area contributed by atoms with Crippen molar-refractivity contribution in [3.63, 3.8) is 0 Å². The minimum absolute atomic E-state index is 0.0519. The van der Waals surface area contributed by atoms with Gasteiger partial charge in [0.2, 0.25) is 0 Å². The van der Waals surface area contributed by atoms with Gasteiger partial charge in [-0.3, -0.25) is 14.7 Å². The summed E-state index contributed by atoms with van der Waals surface area (Å²) in [5.41, 5.74) is 9.73. The highest BCUT2D eigenvalue weighted by molar-refractivity contribution is 5.98. The Balaban J connectivity index is 0.00000148. The molecule has 0 fully saturated rings. The number of ether oxygens (including phenoxy) is 2. The van der Waals surface area contributed by atoms with E-state index in [0.717, 1.165) is 11.1 Å². The summed E-state index contributed by atoms with van der Waals surface area (Å²) in [5.74, 6) is -1.28. The zero-order valence-electron chi connectivity index (χ0n) is 22.0. The number of fused-ring (bicyclic) bond motifs is 10. The molecule has 5 heterocycles. The third-order valence-electron chi connectivity index (χ3n) is 7.52. The van der Waals surface area contributed by atoms with Crippen LogP contribution in [0.5, 0.6) is 11.5 Å². The maximum atomic E-state index is 13.4. The molecule has 4 aromatic rings. The van der Waals surface area contributed by atoms with Crippen molar-refractivity contribution in [3.05, 3.63) is 76.9 Å². The molecule has 3 atom stereocenters. The lowest BCUT2D eigenvalue weighted by molar-refractivity contribution is -0.385. The van der Waals surface area contributed by atoms with Crippen molar-refractivity contribution in [1.29, 1.82) is 0 Å². The van der Waals surface area contributed by atoms with Gasteiger partial charge in [-0.05, 0) is 42.3 Å². The summed E-state index contributed by atoms with van der Waals surface area (Å²) in [6, 6.07) is 8.15. The molecule has 3 aromatic heterocycles. The highest BCUT2D eigenvalue weighted by atomic mass is 19.3. The number of halogens is 2. The third kappa shape index (κ3) is 4.20. The van der Waals surface area contributed by atoms with Crippen LogP contribution in [0.1, 0.15) is 71.1 Å². The van der Waals surface area contributed by atoms with Gasteiger partial charge in [0.15, 0.2) is 0 Å². The predicted molar refractivity (Wildman–Crippen MR) is 140 cm³/mol. The van der Waals surface area contributed by atoms with Crippen molar-refractivity contribution in [2.24, 2.45) is 5.73 Å². The number of nitrogens with zero attached hydrogens (tertiary/aromatic N) is 4. The van der Waals surface area contributed by atoms with Crippen LogP contribution in [0.25, 0.3) is 16.6 Å². The molecule has 0 saturated heterocycles. The van der Waals surface area contributed by atoms with Gasteiger partial charge in [-0.15, -0.1) is 0 Å². The standard InChI is InChI=1S/C26H21F2N5O6.C2H6/c27-25(28)39-18-3-1-2-13-20(18)14-8-17(33(24(13)34)26(35,36)37)23-21(14)16-6-11(4-5-32(16)31-23)12-7-19-22(30-9-12)15(29)10-38-19;1-2/h1-7,9,14-15,17,25,35-37H,8,10,29H2;1-2H3. The first-order chi connectivity index (χ1) is 19.6. The number of rotatable bonds is 4. The van der Waals surface area contributed by atoms with Gasteiger partial charge in [0.1, 0.15) is 23.8 Å².